The van der Waals surface area contributed by atoms with E-state index in [4.69, 9.17) is 4.74 Å². The van der Waals surface area contributed by atoms with Gasteiger partial charge in [-0.05, 0) is 24.6 Å². The van der Waals surface area contributed by atoms with E-state index < -0.39 is 6.10 Å². The maximum Gasteiger partial charge on any atom is 0.258 e. The topological polar surface area (TPSA) is 58.6 Å². The summed E-state index contributed by atoms with van der Waals surface area (Å²) in [5.41, 5.74) is 0.813. The summed E-state index contributed by atoms with van der Waals surface area (Å²) in [5, 5.41) is 11.9. The Kier molecular flexibility index (Phi) is 5.23. The largest absolute Gasteiger partial charge is 0.484 e. The number of hydrogen-bond donors (Lipinski definition) is 2. The van der Waals surface area contributed by atoms with E-state index >= 15 is 0 Å². The zero-order chi connectivity index (χ0) is 12.7. The van der Waals surface area contributed by atoms with Crippen LogP contribution in [-0.4, -0.2) is 24.2 Å². The monoisotopic (exact) mass is 235 g/mol. The molecule has 0 aliphatic heterocycles. The highest BCUT2D eigenvalue weighted by Gasteiger charge is 2.03. The third kappa shape index (κ3) is 4.70. The van der Waals surface area contributed by atoms with E-state index in [-0.39, 0.29) is 12.5 Å². The number of aliphatic hydroxyl groups is 1. The van der Waals surface area contributed by atoms with Crippen LogP contribution in [0.1, 0.15) is 18.6 Å². The van der Waals surface area contributed by atoms with Crippen molar-refractivity contribution in [2.45, 2.75) is 13.0 Å². The van der Waals surface area contributed by atoms with Gasteiger partial charge in [0.15, 0.2) is 6.61 Å². The number of benzene rings is 1. The lowest BCUT2D eigenvalue weighted by atomic mass is 10.1. The van der Waals surface area contributed by atoms with E-state index in [1.807, 2.05) is 0 Å². The quantitative estimate of drug-likeness (QED) is 0.733. The summed E-state index contributed by atoms with van der Waals surface area (Å²) < 4.78 is 5.27. The SMILES string of the molecule is C=CCNC(=O)COc1ccc([C@@H](C)O)cc1. The Morgan fingerprint density at radius 1 is 1.53 bits per heavy atom. The van der Waals surface area contributed by atoms with Gasteiger partial charge in [-0.1, -0.05) is 18.2 Å². The molecule has 0 unspecified atom stereocenters. The lowest BCUT2D eigenvalue weighted by Crippen LogP contribution is -2.28. The average molecular weight is 235 g/mol. The van der Waals surface area contributed by atoms with Gasteiger partial charge in [0, 0.05) is 6.54 Å². The van der Waals surface area contributed by atoms with Crippen LogP contribution in [0.4, 0.5) is 0 Å². The number of rotatable bonds is 6. The molecular formula is C13H17NO3. The molecule has 1 rings (SSSR count). The highest BCUT2D eigenvalue weighted by molar-refractivity contribution is 5.77. The van der Waals surface area contributed by atoms with Crippen molar-refractivity contribution in [1.29, 1.82) is 0 Å². The van der Waals surface area contributed by atoms with E-state index in [9.17, 15) is 9.90 Å². The number of carbonyl (C=O) groups is 1. The maximum atomic E-state index is 11.2. The molecule has 0 fully saturated rings. The smallest absolute Gasteiger partial charge is 0.258 e. The first kappa shape index (κ1) is 13.3. The summed E-state index contributed by atoms with van der Waals surface area (Å²) in [6, 6.07) is 6.98. The number of nitrogens with one attached hydrogen (secondary N) is 1. The van der Waals surface area contributed by atoms with E-state index in [0.717, 1.165) is 5.56 Å². The van der Waals surface area contributed by atoms with Gasteiger partial charge < -0.3 is 15.2 Å². The molecule has 1 aromatic carbocycles. The molecule has 0 heterocycles. The third-order valence-electron chi connectivity index (χ3n) is 2.18. The van der Waals surface area contributed by atoms with Crippen LogP contribution >= 0.6 is 0 Å². The fourth-order valence-electron chi connectivity index (χ4n) is 1.23. The Bertz CT molecular complexity index is 371. The molecule has 1 atom stereocenters. The molecular weight excluding hydrogens is 218 g/mol. The summed E-state index contributed by atoms with van der Waals surface area (Å²) in [4.78, 5) is 11.2. The second-order valence-electron chi connectivity index (χ2n) is 3.63. The average Bonchev–Trinajstić information content (AvgIpc) is 2.34. The van der Waals surface area contributed by atoms with Crippen molar-refractivity contribution in [3.63, 3.8) is 0 Å². The zero-order valence-electron chi connectivity index (χ0n) is 9.85. The number of carbonyl (C=O) groups excluding carboxylic acids is 1. The number of aliphatic hydroxyl groups excluding tert-OH is 1. The summed E-state index contributed by atoms with van der Waals surface area (Å²) in [7, 11) is 0. The van der Waals surface area contributed by atoms with Crippen molar-refractivity contribution in [3.05, 3.63) is 42.5 Å². The normalized spacial score (nSPS) is 11.6. The minimum absolute atomic E-state index is 0.0259. The van der Waals surface area contributed by atoms with Gasteiger partial charge in [-0.15, -0.1) is 6.58 Å². The summed E-state index contributed by atoms with van der Waals surface area (Å²) in [5.74, 6) is 0.410. The Morgan fingerprint density at radius 2 is 2.18 bits per heavy atom. The fourth-order valence-corrected chi connectivity index (χ4v) is 1.23. The number of amides is 1. The lowest BCUT2D eigenvalue weighted by molar-refractivity contribution is -0.122. The van der Waals surface area contributed by atoms with E-state index in [2.05, 4.69) is 11.9 Å². The molecule has 4 nitrogen and oxygen atoms in total. The molecule has 0 spiro atoms. The zero-order valence-corrected chi connectivity index (χ0v) is 9.85. The van der Waals surface area contributed by atoms with Crippen molar-refractivity contribution in [1.82, 2.24) is 5.32 Å². The standard InChI is InChI=1S/C13H17NO3/c1-3-8-14-13(16)9-17-12-6-4-11(5-7-12)10(2)15/h3-7,10,15H,1,8-9H2,2H3,(H,14,16)/t10-/m1/s1. The van der Waals surface area contributed by atoms with Gasteiger partial charge in [0.1, 0.15) is 5.75 Å². The first-order chi connectivity index (χ1) is 8.13. The van der Waals surface area contributed by atoms with Crippen LogP contribution in [0.15, 0.2) is 36.9 Å². The van der Waals surface area contributed by atoms with E-state index in [1.165, 1.54) is 0 Å². The minimum Gasteiger partial charge on any atom is -0.484 e. The molecule has 0 aliphatic carbocycles. The van der Waals surface area contributed by atoms with Gasteiger partial charge in [0.25, 0.3) is 5.91 Å². The van der Waals surface area contributed by atoms with Gasteiger partial charge in [-0.3, -0.25) is 4.79 Å². The second kappa shape index (κ2) is 6.70. The van der Waals surface area contributed by atoms with Crippen LogP contribution in [0.2, 0.25) is 0 Å². The van der Waals surface area contributed by atoms with Crippen LogP contribution in [0.25, 0.3) is 0 Å². The number of ether oxygens (including phenoxy) is 1. The molecule has 2 N–H and O–H groups in total. The molecule has 17 heavy (non-hydrogen) atoms. The highest BCUT2D eigenvalue weighted by Crippen LogP contribution is 2.16. The van der Waals surface area contributed by atoms with Crippen molar-refractivity contribution in [2.24, 2.45) is 0 Å². The van der Waals surface area contributed by atoms with Gasteiger partial charge in [0.2, 0.25) is 0 Å². The molecule has 0 saturated carbocycles. The molecule has 1 aromatic rings. The van der Waals surface area contributed by atoms with Crippen molar-refractivity contribution >= 4 is 5.91 Å². The fraction of sp³-hybridized carbons (Fsp3) is 0.308. The molecule has 1 amide bonds. The van der Waals surface area contributed by atoms with Crippen LogP contribution in [-0.2, 0) is 4.79 Å². The molecule has 0 saturated heterocycles. The Balaban J connectivity index is 2.41. The lowest BCUT2D eigenvalue weighted by Gasteiger charge is -2.08. The first-order valence-corrected chi connectivity index (χ1v) is 5.42. The van der Waals surface area contributed by atoms with Crippen molar-refractivity contribution < 1.29 is 14.6 Å². The molecule has 92 valence electrons. The van der Waals surface area contributed by atoms with Gasteiger partial charge in [-0.2, -0.15) is 0 Å². The van der Waals surface area contributed by atoms with Crippen LogP contribution in [0, 0.1) is 0 Å². The van der Waals surface area contributed by atoms with Crippen LogP contribution < -0.4 is 10.1 Å². The Hall–Kier alpha value is -1.81. The molecule has 0 aromatic heterocycles. The van der Waals surface area contributed by atoms with Crippen molar-refractivity contribution in [3.8, 4) is 5.75 Å². The van der Waals surface area contributed by atoms with E-state index in [0.29, 0.717) is 12.3 Å². The highest BCUT2D eigenvalue weighted by atomic mass is 16.5. The third-order valence-corrected chi connectivity index (χ3v) is 2.18. The predicted molar refractivity (Wildman–Crippen MR) is 65.8 cm³/mol. The second-order valence-corrected chi connectivity index (χ2v) is 3.63. The summed E-state index contributed by atoms with van der Waals surface area (Å²) in [6.07, 6.45) is 1.11. The Morgan fingerprint density at radius 3 is 2.71 bits per heavy atom. The van der Waals surface area contributed by atoms with Gasteiger partial charge in [-0.25, -0.2) is 0 Å². The van der Waals surface area contributed by atoms with Gasteiger partial charge in [0.05, 0.1) is 6.10 Å². The summed E-state index contributed by atoms with van der Waals surface area (Å²) in [6.45, 7) is 5.60. The Labute approximate surface area is 101 Å². The molecule has 0 radical (unpaired) electrons. The minimum atomic E-state index is -0.500. The predicted octanol–water partition coefficient (Wildman–Crippen LogP) is 1.42. The number of hydrogen-bond acceptors (Lipinski definition) is 3. The summed E-state index contributed by atoms with van der Waals surface area (Å²) >= 11 is 0. The van der Waals surface area contributed by atoms with Crippen LogP contribution in [0.3, 0.4) is 0 Å². The maximum absolute atomic E-state index is 11.2. The van der Waals surface area contributed by atoms with Crippen molar-refractivity contribution in [2.75, 3.05) is 13.2 Å². The molecule has 0 bridgehead atoms. The van der Waals surface area contributed by atoms with E-state index in [1.54, 1.807) is 37.3 Å². The molecule has 0 aliphatic rings. The van der Waals surface area contributed by atoms with Gasteiger partial charge >= 0.3 is 0 Å². The van der Waals surface area contributed by atoms with Crippen LogP contribution in [0.5, 0.6) is 5.75 Å². The molecule has 4 heteroatoms. The first-order valence-electron chi connectivity index (χ1n) is 5.42.